The number of carbonyl (C=O) groups excluding carboxylic acids is 1. The fourth-order valence-electron chi connectivity index (χ4n) is 3.53. The molecule has 0 saturated heterocycles. The molecule has 0 unspecified atom stereocenters. The van der Waals surface area contributed by atoms with Gasteiger partial charge in [-0.25, -0.2) is 8.42 Å². The van der Waals surface area contributed by atoms with Crippen molar-refractivity contribution in [2.24, 2.45) is 0 Å². The lowest BCUT2D eigenvalue weighted by Crippen LogP contribution is -2.29. The summed E-state index contributed by atoms with van der Waals surface area (Å²) >= 11 is 7.81. The predicted octanol–water partition coefficient (Wildman–Crippen LogP) is 6.85. The molecule has 4 aromatic carbocycles. The van der Waals surface area contributed by atoms with Gasteiger partial charge in [-0.3, -0.25) is 9.10 Å². The number of carbonyl (C=O) groups is 1. The number of nitrogens with zero attached hydrogens (tertiary/aromatic N) is 1. The van der Waals surface area contributed by atoms with Gasteiger partial charge in [0, 0.05) is 26.9 Å². The summed E-state index contributed by atoms with van der Waals surface area (Å²) in [5, 5.41) is 3.36. The lowest BCUT2D eigenvalue weighted by atomic mass is 10.1. The van der Waals surface area contributed by atoms with Crippen molar-refractivity contribution in [3.63, 3.8) is 0 Å². The minimum Gasteiger partial charge on any atom is -0.322 e. The Morgan fingerprint density at radius 2 is 1.53 bits per heavy atom. The van der Waals surface area contributed by atoms with Crippen LogP contribution in [0.15, 0.2) is 108 Å². The van der Waals surface area contributed by atoms with Crippen molar-refractivity contribution >= 4 is 50.7 Å². The summed E-state index contributed by atoms with van der Waals surface area (Å²) in [6, 6.07) is 31.6. The van der Waals surface area contributed by atoms with E-state index in [2.05, 4.69) is 17.4 Å². The lowest BCUT2D eigenvalue weighted by Gasteiger charge is -2.22. The Bertz CT molecular complexity index is 1430. The molecule has 184 valence electrons. The summed E-state index contributed by atoms with van der Waals surface area (Å²) < 4.78 is 26.0. The zero-order chi connectivity index (χ0) is 25.5. The maximum Gasteiger partial charge on any atom is 0.255 e. The summed E-state index contributed by atoms with van der Waals surface area (Å²) in [6.45, 7) is 0.129. The predicted molar refractivity (Wildman–Crippen MR) is 149 cm³/mol. The fourth-order valence-corrected chi connectivity index (χ4v) is 5.47. The number of nitrogens with one attached hydrogen (secondary N) is 1. The average molecular weight is 537 g/mol. The van der Waals surface area contributed by atoms with Crippen LogP contribution in [0, 0.1) is 0 Å². The minimum absolute atomic E-state index is 0.129. The van der Waals surface area contributed by atoms with E-state index in [1.54, 1.807) is 60.3 Å². The highest BCUT2D eigenvalue weighted by molar-refractivity contribution is 7.98. The Morgan fingerprint density at radius 1 is 0.861 bits per heavy atom. The lowest BCUT2D eigenvalue weighted by molar-refractivity contribution is 0.102. The Balaban J connectivity index is 1.37. The van der Waals surface area contributed by atoms with Gasteiger partial charge in [-0.1, -0.05) is 60.1 Å². The van der Waals surface area contributed by atoms with Crippen LogP contribution < -0.4 is 9.62 Å². The van der Waals surface area contributed by atoms with Crippen molar-refractivity contribution in [2.75, 3.05) is 15.9 Å². The van der Waals surface area contributed by atoms with E-state index < -0.39 is 10.0 Å². The summed E-state index contributed by atoms with van der Waals surface area (Å²) in [5.41, 5.74) is 3.59. The molecule has 36 heavy (non-hydrogen) atoms. The largest absolute Gasteiger partial charge is 0.322 e. The number of hydrogen-bond donors (Lipinski definition) is 1. The van der Waals surface area contributed by atoms with Gasteiger partial charge >= 0.3 is 0 Å². The van der Waals surface area contributed by atoms with E-state index in [9.17, 15) is 13.2 Å². The van der Waals surface area contributed by atoms with Crippen LogP contribution >= 0.6 is 23.4 Å². The van der Waals surface area contributed by atoms with E-state index in [-0.39, 0.29) is 12.5 Å². The maximum atomic E-state index is 12.7. The van der Waals surface area contributed by atoms with Gasteiger partial charge in [0.15, 0.2) is 0 Å². The van der Waals surface area contributed by atoms with E-state index in [4.69, 9.17) is 11.6 Å². The smallest absolute Gasteiger partial charge is 0.255 e. The highest BCUT2D eigenvalue weighted by Gasteiger charge is 2.18. The summed E-state index contributed by atoms with van der Waals surface area (Å²) in [5.74, 6) is 0.613. The first-order chi connectivity index (χ1) is 17.3. The van der Waals surface area contributed by atoms with Gasteiger partial charge in [0.2, 0.25) is 10.0 Å². The first-order valence-corrected chi connectivity index (χ1v) is 14.4. The van der Waals surface area contributed by atoms with Crippen LogP contribution in [0.2, 0.25) is 5.02 Å². The normalized spacial score (nSPS) is 11.2. The molecule has 4 aromatic rings. The van der Waals surface area contributed by atoms with Gasteiger partial charge in [-0.05, 0) is 65.7 Å². The van der Waals surface area contributed by atoms with Crippen LogP contribution in [-0.2, 0) is 22.3 Å². The molecule has 0 bridgehead atoms. The molecule has 5 nitrogen and oxygen atoms in total. The summed E-state index contributed by atoms with van der Waals surface area (Å²) in [4.78, 5) is 13.9. The van der Waals surface area contributed by atoms with Crippen molar-refractivity contribution in [1.29, 1.82) is 0 Å². The minimum atomic E-state index is -3.53. The molecule has 1 amide bonds. The van der Waals surface area contributed by atoms with Crippen LogP contribution in [-0.4, -0.2) is 20.6 Å². The molecule has 4 rings (SSSR count). The maximum absolute atomic E-state index is 12.7. The number of benzene rings is 4. The van der Waals surface area contributed by atoms with Crippen molar-refractivity contribution in [3.05, 3.63) is 125 Å². The molecule has 0 aromatic heterocycles. The first kappa shape index (κ1) is 25.8. The van der Waals surface area contributed by atoms with Crippen molar-refractivity contribution in [2.45, 2.75) is 17.2 Å². The van der Waals surface area contributed by atoms with Gasteiger partial charge in [0.1, 0.15) is 0 Å². The standard InChI is InChI=1S/C28H25ClN2O3S2/c1-36(33,34)31(26-7-5-6-24(29)18-26)19-21-10-14-23(15-11-21)28(32)30-25-16-12-22(13-17-25)20-35-27-8-3-2-4-9-27/h2-18H,19-20H2,1H3,(H,30,32). The molecule has 0 spiro atoms. The van der Waals surface area contributed by atoms with Crippen LogP contribution in [0.4, 0.5) is 11.4 Å². The third kappa shape index (κ3) is 7.13. The molecule has 0 heterocycles. The second-order valence-corrected chi connectivity index (χ2v) is 11.6. The number of rotatable bonds is 9. The number of sulfonamides is 1. The Hall–Kier alpha value is -3.26. The van der Waals surface area contributed by atoms with Crippen LogP contribution in [0.1, 0.15) is 21.5 Å². The van der Waals surface area contributed by atoms with E-state index in [1.807, 2.05) is 42.5 Å². The monoisotopic (exact) mass is 536 g/mol. The van der Waals surface area contributed by atoms with Gasteiger partial charge in [-0.2, -0.15) is 0 Å². The fraction of sp³-hybridized carbons (Fsp3) is 0.107. The quantitative estimate of drug-likeness (QED) is 0.237. The van der Waals surface area contributed by atoms with Gasteiger partial charge in [-0.15, -0.1) is 11.8 Å². The van der Waals surface area contributed by atoms with Gasteiger partial charge < -0.3 is 5.32 Å². The molecular formula is C28H25ClN2O3S2. The van der Waals surface area contributed by atoms with E-state index >= 15 is 0 Å². The van der Waals surface area contributed by atoms with Crippen LogP contribution in [0.5, 0.6) is 0 Å². The number of hydrogen-bond acceptors (Lipinski definition) is 4. The van der Waals surface area contributed by atoms with Crippen LogP contribution in [0.25, 0.3) is 0 Å². The molecule has 1 N–H and O–H groups in total. The molecule has 0 atom stereocenters. The Morgan fingerprint density at radius 3 is 2.17 bits per heavy atom. The zero-order valence-electron chi connectivity index (χ0n) is 19.6. The molecule has 0 aliphatic heterocycles. The molecule has 0 aliphatic rings. The zero-order valence-corrected chi connectivity index (χ0v) is 22.0. The third-order valence-corrected chi connectivity index (χ3v) is 7.86. The highest BCUT2D eigenvalue weighted by atomic mass is 35.5. The second kappa shape index (κ2) is 11.6. The molecule has 0 fully saturated rings. The van der Waals surface area contributed by atoms with E-state index in [1.165, 1.54) is 14.8 Å². The average Bonchev–Trinajstić information content (AvgIpc) is 2.87. The van der Waals surface area contributed by atoms with Crippen LogP contribution in [0.3, 0.4) is 0 Å². The van der Waals surface area contributed by atoms with Gasteiger partial charge in [0.05, 0.1) is 18.5 Å². The SMILES string of the molecule is CS(=O)(=O)N(Cc1ccc(C(=O)Nc2ccc(CSc3ccccc3)cc2)cc1)c1cccc(Cl)c1. The molecule has 0 radical (unpaired) electrons. The summed E-state index contributed by atoms with van der Waals surface area (Å²) in [7, 11) is -3.53. The molecular weight excluding hydrogens is 512 g/mol. The van der Waals surface area contributed by atoms with Gasteiger partial charge in [0.25, 0.3) is 5.91 Å². The number of thioether (sulfide) groups is 1. The highest BCUT2D eigenvalue weighted by Crippen LogP contribution is 2.25. The van der Waals surface area contributed by atoms with E-state index in [0.717, 1.165) is 17.6 Å². The number of anilines is 2. The third-order valence-electron chi connectivity index (χ3n) is 5.40. The van der Waals surface area contributed by atoms with E-state index in [0.29, 0.717) is 22.0 Å². The number of amides is 1. The second-order valence-electron chi connectivity index (χ2n) is 8.20. The van der Waals surface area contributed by atoms with Crippen molar-refractivity contribution < 1.29 is 13.2 Å². The number of halogens is 1. The first-order valence-electron chi connectivity index (χ1n) is 11.2. The molecule has 0 saturated carbocycles. The van der Waals surface area contributed by atoms with Crippen molar-refractivity contribution in [3.8, 4) is 0 Å². The topological polar surface area (TPSA) is 66.5 Å². The van der Waals surface area contributed by atoms with Crippen molar-refractivity contribution in [1.82, 2.24) is 0 Å². The Kier molecular flexibility index (Phi) is 8.36. The Labute approximate surface area is 221 Å². The summed E-state index contributed by atoms with van der Waals surface area (Å²) in [6.07, 6.45) is 1.15. The molecule has 8 heteroatoms. The molecule has 0 aliphatic carbocycles.